The molecule has 4 aromatic carbocycles. The minimum Gasteiger partial charge on any atom is -0.384 e. The molecule has 2 unspecified atom stereocenters. The second-order valence-corrected chi connectivity index (χ2v) is 19.7. The third-order valence-electron chi connectivity index (χ3n) is 14.5. The van der Waals surface area contributed by atoms with E-state index < -0.39 is 64.3 Å². The van der Waals surface area contributed by atoms with E-state index in [1.165, 1.54) is 6.07 Å². The van der Waals surface area contributed by atoms with Crippen molar-refractivity contribution in [1.82, 2.24) is 20.9 Å². The lowest BCUT2D eigenvalue weighted by Crippen LogP contribution is -2.60. The molecule has 5 aliphatic rings. The van der Waals surface area contributed by atoms with Crippen molar-refractivity contribution in [2.45, 2.75) is 99.6 Å². The highest BCUT2D eigenvalue weighted by atomic mass is 35.5. The van der Waals surface area contributed by atoms with Crippen LogP contribution in [-0.4, -0.2) is 103 Å². The number of anilines is 3. The third kappa shape index (κ3) is 9.72. The molecule has 1 saturated carbocycles. The summed E-state index contributed by atoms with van der Waals surface area (Å²) in [6, 6.07) is 19.3. The summed E-state index contributed by atoms with van der Waals surface area (Å²) in [4.78, 5) is 93.5. The molecule has 4 atom stereocenters. The lowest BCUT2D eigenvalue weighted by molar-refractivity contribution is -0.136. The van der Waals surface area contributed by atoms with E-state index in [1.54, 1.807) is 66.7 Å². The third-order valence-corrected chi connectivity index (χ3v) is 15.1. The molecular weight excluding hydrogens is 969 g/mol. The number of halogens is 3. The Bertz CT molecular complexity index is 2790. The summed E-state index contributed by atoms with van der Waals surface area (Å²) >= 11 is 12.8. The zero-order valence-corrected chi connectivity index (χ0v) is 41.0. The van der Waals surface area contributed by atoms with Crippen LogP contribution in [0.1, 0.15) is 119 Å². The van der Waals surface area contributed by atoms with Crippen LogP contribution in [0.3, 0.4) is 0 Å². The van der Waals surface area contributed by atoms with Crippen LogP contribution in [-0.2, 0) is 34.1 Å². The lowest BCUT2D eigenvalue weighted by atomic mass is 9.55. The van der Waals surface area contributed by atoms with Crippen molar-refractivity contribution in [2.75, 3.05) is 55.5 Å². The van der Waals surface area contributed by atoms with Crippen LogP contribution in [0, 0.1) is 5.82 Å². The average Bonchev–Trinajstić information content (AvgIpc) is 3.93. The first-order chi connectivity index (χ1) is 34.8. The zero-order valence-electron chi connectivity index (χ0n) is 39.5. The van der Waals surface area contributed by atoms with Crippen LogP contribution in [0.25, 0.3) is 0 Å². The fourth-order valence-corrected chi connectivity index (χ4v) is 11.6. The number of rotatable bonds is 19. The molecule has 7 amide bonds. The van der Waals surface area contributed by atoms with Gasteiger partial charge in [-0.3, -0.25) is 49.1 Å². The van der Waals surface area contributed by atoms with Crippen molar-refractivity contribution in [3.63, 3.8) is 0 Å². The fourth-order valence-electron chi connectivity index (χ4n) is 11.3. The second kappa shape index (κ2) is 21.9. The largest absolute Gasteiger partial charge is 0.384 e. The molecule has 2 saturated heterocycles. The van der Waals surface area contributed by atoms with Crippen LogP contribution in [0.15, 0.2) is 78.9 Å². The van der Waals surface area contributed by atoms with Gasteiger partial charge in [-0.1, -0.05) is 66.7 Å². The summed E-state index contributed by atoms with van der Waals surface area (Å²) in [6.07, 6.45) is 6.76. The predicted molar refractivity (Wildman–Crippen MR) is 268 cm³/mol. The summed E-state index contributed by atoms with van der Waals surface area (Å²) in [5, 5.41) is 18.3. The first kappa shape index (κ1) is 50.7. The molecule has 4 aliphatic heterocycles. The van der Waals surface area contributed by atoms with Crippen molar-refractivity contribution in [3.8, 4) is 0 Å². The SMILES string of the molecule is O=C1CCC(N2C(=O)c3cccc(NCCCOCCCCOCCCNC(=O)c4ccc(NC(=O)C5NC6(CCCCC6)[C@@]6(C(=O)Nc7cc(Cl)ccc76)[C@H]5c5cccc(Cl)c5F)cc4)c3C2=O)C(=O)N1. The summed E-state index contributed by atoms with van der Waals surface area (Å²) < 4.78 is 27.8. The first-order valence-electron chi connectivity index (χ1n) is 24.6. The van der Waals surface area contributed by atoms with Crippen molar-refractivity contribution in [3.05, 3.63) is 123 Å². The summed E-state index contributed by atoms with van der Waals surface area (Å²) in [5.41, 5.74) is 0.886. The van der Waals surface area contributed by atoms with Crippen molar-refractivity contribution in [1.29, 1.82) is 0 Å². The van der Waals surface area contributed by atoms with Crippen LogP contribution >= 0.6 is 23.2 Å². The molecule has 0 bridgehead atoms. The van der Waals surface area contributed by atoms with Crippen molar-refractivity contribution in [2.24, 2.45) is 0 Å². The van der Waals surface area contributed by atoms with Gasteiger partial charge >= 0.3 is 0 Å². The van der Waals surface area contributed by atoms with Crippen LogP contribution < -0.4 is 31.9 Å². The number of ether oxygens (including phenoxy) is 2. The predicted octanol–water partition coefficient (Wildman–Crippen LogP) is 7.26. The number of carbonyl (C=O) groups is 7. The molecule has 4 aromatic rings. The Morgan fingerprint density at radius 3 is 2.24 bits per heavy atom. The minimum atomic E-state index is -1.36. The highest BCUT2D eigenvalue weighted by molar-refractivity contribution is 6.31. The highest BCUT2D eigenvalue weighted by Crippen LogP contribution is 2.63. The van der Waals surface area contributed by atoms with Gasteiger partial charge < -0.3 is 30.7 Å². The number of fused-ring (bicyclic) bond motifs is 4. The van der Waals surface area contributed by atoms with Gasteiger partial charge in [-0.2, -0.15) is 0 Å². The Morgan fingerprint density at radius 1 is 0.792 bits per heavy atom. The van der Waals surface area contributed by atoms with Crippen LogP contribution in [0.2, 0.25) is 10.0 Å². The Labute approximate surface area is 425 Å². The highest BCUT2D eigenvalue weighted by Gasteiger charge is 2.72. The van der Waals surface area contributed by atoms with Crippen LogP contribution in [0.4, 0.5) is 21.5 Å². The van der Waals surface area contributed by atoms with Crippen LogP contribution in [0.5, 0.6) is 0 Å². The average molecular weight is 1020 g/mol. The van der Waals surface area contributed by atoms with Gasteiger partial charge in [0.2, 0.25) is 23.6 Å². The van der Waals surface area contributed by atoms with E-state index in [9.17, 15) is 33.6 Å². The number of unbranched alkanes of at least 4 members (excludes halogenated alkanes) is 1. The monoisotopic (exact) mass is 1020 g/mol. The number of imide groups is 2. The van der Waals surface area contributed by atoms with E-state index >= 15 is 4.39 Å². The molecule has 378 valence electrons. The number of piperidine rings is 1. The van der Waals surface area contributed by atoms with Gasteiger partial charge in [0.25, 0.3) is 17.7 Å². The number of nitrogens with one attached hydrogen (secondary N) is 6. The molecule has 4 heterocycles. The quantitative estimate of drug-likeness (QED) is 0.0407. The Morgan fingerprint density at radius 2 is 1.50 bits per heavy atom. The molecule has 3 fully saturated rings. The molecule has 9 rings (SSSR count). The number of benzene rings is 4. The number of carbonyl (C=O) groups excluding carboxylic acids is 7. The summed E-state index contributed by atoms with van der Waals surface area (Å²) in [7, 11) is 0. The molecule has 0 radical (unpaired) electrons. The second-order valence-electron chi connectivity index (χ2n) is 18.9. The lowest BCUT2D eigenvalue weighted by Gasteiger charge is -2.47. The molecule has 1 aliphatic carbocycles. The van der Waals surface area contributed by atoms with Gasteiger partial charge in [0, 0.05) is 85.0 Å². The summed E-state index contributed by atoms with van der Waals surface area (Å²) in [5.74, 6) is -4.91. The molecule has 16 nitrogen and oxygen atoms in total. The van der Waals surface area contributed by atoms with E-state index in [0.717, 1.165) is 37.0 Å². The van der Waals surface area contributed by atoms with Gasteiger partial charge in [-0.15, -0.1) is 0 Å². The Kier molecular flexibility index (Phi) is 15.4. The number of amides is 7. The van der Waals surface area contributed by atoms with Gasteiger partial charge in [-0.25, -0.2) is 4.39 Å². The molecular formula is C53H56Cl2FN7O9. The topological polar surface area (TPSA) is 213 Å². The van der Waals surface area contributed by atoms with E-state index in [0.29, 0.717) is 98.4 Å². The standard InChI is InChI=1S/C53H56Cl2FN7O9/c54-32-16-19-36-39(30-32)60-51(70)53(36)43(35-11-6-12-37(55)44(35)56)45(62-52(53)22-2-1-3-23-52)48(67)59-33-17-14-31(15-18-33)46(65)58-25-9-29-72-27-5-4-26-71-28-8-24-57-38-13-7-10-34-42(38)50(69)63(49(34)68)40-20-21-41(64)61-47(40)66/h6-7,10-19,30,40,43,45,57,62H,1-5,8-9,20-29H2,(H,58,65)(H,59,67)(H,60,70)(H,61,64,66)/t40?,43-,45?,53+/m0/s1. The van der Waals surface area contributed by atoms with Gasteiger partial charge in [0.05, 0.1) is 22.2 Å². The van der Waals surface area contributed by atoms with E-state index in [4.69, 9.17) is 32.7 Å². The maximum Gasteiger partial charge on any atom is 0.264 e. The van der Waals surface area contributed by atoms with Crippen molar-refractivity contribution < 1.29 is 47.4 Å². The number of hydrogen-bond donors (Lipinski definition) is 6. The normalized spacial score (nSPS) is 22.0. The Balaban J connectivity index is 0.691. The number of nitrogens with zero attached hydrogens (tertiary/aromatic N) is 1. The fraction of sp³-hybridized carbons (Fsp3) is 0.415. The van der Waals surface area contributed by atoms with E-state index in [2.05, 4.69) is 31.9 Å². The molecule has 72 heavy (non-hydrogen) atoms. The molecule has 19 heteroatoms. The molecule has 6 N–H and O–H groups in total. The Hall–Kier alpha value is -6.24. The maximum absolute atomic E-state index is 16.2. The molecule has 0 aromatic heterocycles. The molecule has 2 spiro atoms. The van der Waals surface area contributed by atoms with Gasteiger partial charge in [0.15, 0.2) is 0 Å². The maximum atomic E-state index is 16.2. The zero-order chi connectivity index (χ0) is 50.6. The number of hydrogen-bond acceptors (Lipinski definition) is 11. The van der Waals surface area contributed by atoms with Gasteiger partial charge in [-0.05, 0) is 111 Å². The smallest absolute Gasteiger partial charge is 0.264 e. The van der Waals surface area contributed by atoms with E-state index in [-0.39, 0.29) is 46.4 Å². The first-order valence-corrected chi connectivity index (χ1v) is 25.4. The summed E-state index contributed by atoms with van der Waals surface area (Å²) in [6.45, 7) is 2.91. The minimum absolute atomic E-state index is 0.0539. The van der Waals surface area contributed by atoms with Gasteiger partial charge in [0.1, 0.15) is 17.3 Å². The van der Waals surface area contributed by atoms with E-state index in [1.807, 2.05) is 6.07 Å². The van der Waals surface area contributed by atoms with Crippen molar-refractivity contribution >= 4 is 81.6 Å².